The Bertz CT molecular complexity index is 530. The zero-order valence-corrected chi connectivity index (χ0v) is 31.6. The molecule has 2 heteroatoms. The highest BCUT2D eigenvalue weighted by Gasteiger charge is 2.03. The summed E-state index contributed by atoms with van der Waals surface area (Å²) in [7, 11) is 0. The van der Waals surface area contributed by atoms with Crippen LogP contribution in [0.5, 0.6) is 0 Å². The Morgan fingerprint density at radius 2 is 0.489 bits per heavy atom. The van der Waals surface area contributed by atoms with Crippen molar-refractivity contribution in [1.29, 1.82) is 0 Å². The Kier molecular flexibility index (Phi) is 41.0. The first-order valence-electron chi connectivity index (χ1n) is 21.5. The summed E-state index contributed by atoms with van der Waals surface area (Å²) in [5, 5.41) is 0. The van der Waals surface area contributed by atoms with E-state index in [0.29, 0.717) is 13.0 Å². The van der Waals surface area contributed by atoms with E-state index in [1.54, 1.807) is 0 Å². The van der Waals surface area contributed by atoms with Crippen molar-refractivity contribution in [1.82, 2.24) is 0 Å². The summed E-state index contributed by atoms with van der Waals surface area (Å²) >= 11 is 0. The first-order chi connectivity index (χ1) is 22.3. The fourth-order valence-corrected chi connectivity index (χ4v) is 6.79. The lowest BCUT2D eigenvalue weighted by Gasteiger charge is -2.06. The maximum Gasteiger partial charge on any atom is 0.305 e. The van der Waals surface area contributed by atoms with Gasteiger partial charge in [-0.1, -0.05) is 245 Å². The molecule has 0 rings (SSSR count). The fraction of sp³-hybridized carbons (Fsp3) is 0.977. The van der Waals surface area contributed by atoms with Gasteiger partial charge in [0.15, 0.2) is 0 Å². The zero-order chi connectivity index (χ0) is 32.6. The lowest BCUT2D eigenvalue weighted by atomic mass is 10.0. The molecule has 0 spiro atoms. The van der Waals surface area contributed by atoms with E-state index in [2.05, 4.69) is 13.8 Å². The molecule has 2 nitrogen and oxygen atoms in total. The molecule has 45 heavy (non-hydrogen) atoms. The number of carbonyl (C=O) groups excluding carboxylic acids is 1. The lowest BCUT2D eigenvalue weighted by Crippen LogP contribution is -2.05. The molecule has 0 saturated carbocycles. The molecule has 0 N–H and O–H groups in total. The van der Waals surface area contributed by atoms with Crippen LogP contribution in [0.1, 0.15) is 264 Å². The summed E-state index contributed by atoms with van der Waals surface area (Å²) in [4.78, 5) is 12.0. The first kappa shape index (κ1) is 44.5. The summed E-state index contributed by atoms with van der Waals surface area (Å²) in [5.74, 6) is 0.0318. The SMILES string of the molecule is CCCCCCCCCCCCCCCCCCCCCCC(=O)OCCCCCCCCCCCCCCCCCCCC. The second-order valence-corrected chi connectivity index (χ2v) is 14.7. The third kappa shape index (κ3) is 41.4. The van der Waals surface area contributed by atoms with Crippen molar-refractivity contribution in [2.24, 2.45) is 0 Å². The largest absolute Gasteiger partial charge is 0.466 e. The van der Waals surface area contributed by atoms with Crippen LogP contribution in [0, 0.1) is 0 Å². The molecule has 0 radical (unpaired) electrons. The van der Waals surface area contributed by atoms with Crippen LogP contribution in [0.4, 0.5) is 0 Å². The smallest absolute Gasteiger partial charge is 0.305 e. The number of unbranched alkanes of at least 4 members (excludes halogenated alkanes) is 36. The number of carbonyl (C=O) groups is 1. The Hall–Kier alpha value is -0.530. The molecule has 0 fully saturated rings. The number of hydrogen-bond donors (Lipinski definition) is 0. The van der Waals surface area contributed by atoms with Crippen LogP contribution in [0.2, 0.25) is 0 Å². The van der Waals surface area contributed by atoms with Gasteiger partial charge in [-0.15, -0.1) is 0 Å². The maximum absolute atomic E-state index is 12.0. The van der Waals surface area contributed by atoms with Crippen molar-refractivity contribution in [3.8, 4) is 0 Å². The fourth-order valence-electron chi connectivity index (χ4n) is 6.79. The molecule has 0 atom stereocenters. The Labute approximate surface area is 285 Å². The zero-order valence-electron chi connectivity index (χ0n) is 31.6. The molecule has 0 aromatic carbocycles. The molecule has 0 aliphatic carbocycles. The van der Waals surface area contributed by atoms with Gasteiger partial charge < -0.3 is 4.74 Å². The summed E-state index contributed by atoms with van der Waals surface area (Å²) in [5.41, 5.74) is 0. The van der Waals surface area contributed by atoms with Gasteiger partial charge in [-0.2, -0.15) is 0 Å². The van der Waals surface area contributed by atoms with E-state index in [4.69, 9.17) is 4.74 Å². The normalized spacial score (nSPS) is 11.4. The van der Waals surface area contributed by atoms with Crippen LogP contribution in [0.25, 0.3) is 0 Å². The molecule has 0 bridgehead atoms. The van der Waals surface area contributed by atoms with E-state index >= 15 is 0 Å². The van der Waals surface area contributed by atoms with Crippen molar-refractivity contribution < 1.29 is 9.53 Å². The van der Waals surface area contributed by atoms with Gasteiger partial charge in [0.1, 0.15) is 0 Å². The number of hydrogen-bond acceptors (Lipinski definition) is 2. The molecule has 0 aliphatic rings. The van der Waals surface area contributed by atoms with Gasteiger partial charge in [0.05, 0.1) is 6.61 Å². The summed E-state index contributed by atoms with van der Waals surface area (Å²) in [6.07, 6.45) is 53.4. The average Bonchev–Trinajstić information content (AvgIpc) is 3.05. The summed E-state index contributed by atoms with van der Waals surface area (Å²) < 4.78 is 5.47. The van der Waals surface area contributed by atoms with Gasteiger partial charge in [0.25, 0.3) is 0 Å². The maximum atomic E-state index is 12.0. The van der Waals surface area contributed by atoms with Crippen LogP contribution in [-0.2, 0) is 9.53 Å². The van der Waals surface area contributed by atoms with Crippen LogP contribution in [-0.4, -0.2) is 12.6 Å². The van der Waals surface area contributed by atoms with Crippen LogP contribution in [0.3, 0.4) is 0 Å². The van der Waals surface area contributed by atoms with Gasteiger partial charge in [-0.25, -0.2) is 0 Å². The van der Waals surface area contributed by atoms with Crippen LogP contribution >= 0.6 is 0 Å². The molecule has 0 aliphatic heterocycles. The molecule has 0 amide bonds. The van der Waals surface area contributed by atoms with Crippen molar-refractivity contribution in [3.05, 3.63) is 0 Å². The highest BCUT2D eigenvalue weighted by molar-refractivity contribution is 5.69. The highest BCUT2D eigenvalue weighted by atomic mass is 16.5. The second-order valence-electron chi connectivity index (χ2n) is 14.7. The Morgan fingerprint density at radius 1 is 0.289 bits per heavy atom. The van der Waals surface area contributed by atoms with E-state index in [-0.39, 0.29) is 5.97 Å². The molecule has 0 unspecified atom stereocenters. The van der Waals surface area contributed by atoms with E-state index in [1.807, 2.05) is 0 Å². The molecular weight excluding hydrogens is 548 g/mol. The van der Waals surface area contributed by atoms with E-state index in [0.717, 1.165) is 12.8 Å². The van der Waals surface area contributed by atoms with Gasteiger partial charge in [-0.3, -0.25) is 4.79 Å². The predicted molar refractivity (Wildman–Crippen MR) is 202 cm³/mol. The molecule has 0 aromatic heterocycles. The Balaban J connectivity index is 3.14. The monoisotopic (exact) mass is 635 g/mol. The minimum atomic E-state index is 0.0318. The average molecular weight is 635 g/mol. The highest BCUT2D eigenvalue weighted by Crippen LogP contribution is 2.16. The quantitative estimate of drug-likeness (QED) is 0.0495. The topological polar surface area (TPSA) is 26.3 Å². The molecule has 0 aromatic rings. The van der Waals surface area contributed by atoms with Crippen molar-refractivity contribution >= 4 is 5.97 Å². The van der Waals surface area contributed by atoms with E-state index < -0.39 is 0 Å². The second kappa shape index (κ2) is 41.5. The lowest BCUT2D eigenvalue weighted by molar-refractivity contribution is -0.143. The third-order valence-corrected chi connectivity index (χ3v) is 10.00. The van der Waals surface area contributed by atoms with Crippen molar-refractivity contribution in [3.63, 3.8) is 0 Å². The van der Waals surface area contributed by atoms with Crippen LogP contribution in [0.15, 0.2) is 0 Å². The minimum absolute atomic E-state index is 0.0318. The number of ether oxygens (including phenoxy) is 1. The van der Waals surface area contributed by atoms with Crippen LogP contribution < -0.4 is 0 Å². The van der Waals surface area contributed by atoms with E-state index in [9.17, 15) is 4.79 Å². The van der Waals surface area contributed by atoms with Crippen molar-refractivity contribution in [2.75, 3.05) is 6.61 Å². The number of esters is 1. The van der Waals surface area contributed by atoms with Gasteiger partial charge in [0.2, 0.25) is 0 Å². The molecular formula is C43H86O2. The summed E-state index contributed by atoms with van der Waals surface area (Å²) in [6, 6.07) is 0. The van der Waals surface area contributed by atoms with Gasteiger partial charge in [0, 0.05) is 6.42 Å². The minimum Gasteiger partial charge on any atom is -0.466 e. The van der Waals surface area contributed by atoms with E-state index in [1.165, 1.54) is 231 Å². The first-order valence-corrected chi connectivity index (χ1v) is 21.5. The number of rotatable bonds is 40. The Morgan fingerprint density at radius 3 is 0.733 bits per heavy atom. The standard InChI is InChI=1S/C43H86O2/c1-3-5-7-9-11-13-15-17-19-21-23-24-25-27-29-31-33-35-37-39-41-43(44)45-42-40-38-36-34-32-30-28-26-22-20-18-16-14-12-10-8-6-4-2/h3-42H2,1-2H3. The third-order valence-electron chi connectivity index (χ3n) is 10.00. The van der Waals surface area contributed by atoms with Gasteiger partial charge in [-0.05, 0) is 12.8 Å². The molecule has 0 heterocycles. The summed E-state index contributed by atoms with van der Waals surface area (Å²) in [6.45, 7) is 5.23. The molecule has 0 saturated heterocycles. The van der Waals surface area contributed by atoms with Gasteiger partial charge >= 0.3 is 5.97 Å². The molecule has 270 valence electrons. The predicted octanol–water partition coefficient (Wildman–Crippen LogP) is 15.8. The van der Waals surface area contributed by atoms with Crippen molar-refractivity contribution in [2.45, 2.75) is 264 Å².